The minimum Gasteiger partial charge on any atom is -0.396 e. The molecule has 3 rings (SSSR count). The van der Waals surface area contributed by atoms with E-state index in [-0.39, 0.29) is 13.2 Å². The van der Waals surface area contributed by atoms with E-state index >= 15 is 0 Å². The molecule has 3 fully saturated rings. The van der Waals surface area contributed by atoms with Crippen LogP contribution in [0.25, 0.3) is 0 Å². The van der Waals surface area contributed by atoms with Crippen molar-refractivity contribution in [3.8, 4) is 0 Å². The predicted molar refractivity (Wildman–Crippen MR) is 126 cm³/mol. The molecule has 16 nitrogen and oxygen atoms in total. The lowest BCUT2D eigenvalue weighted by Gasteiger charge is -2.47. The molecule has 13 N–H and O–H groups in total. The van der Waals surface area contributed by atoms with Gasteiger partial charge in [0.2, 0.25) is 0 Å². The summed E-state index contributed by atoms with van der Waals surface area (Å²) in [6, 6.07) is -3.19. The number of aliphatic hydroxyl groups excluding tert-OH is 7. The first-order chi connectivity index (χ1) is 18.1. The number of hydrogen-bond acceptors (Lipinski definition) is 16. The molecular weight excluding hydrogens is 514 g/mol. The van der Waals surface area contributed by atoms with Crippen molar-refractivity contribution in [2.24, 2.45) is 29.0 Å². The predicted octanol–water partition coefficient (Wildman–Crippen LogP) is -6.48. The Balaban J connectivity index is 1.67. The average molecular weight is 558 g/mol. The zero-order valence-electron chi connectivity index (χ0n) is 21.2. The number of hydrogen-bond donors (Lipinski definition) is 10. The van der Waals surface area contributed by atoms with Gasteiger partial charge in [-0.1, -0.05) is 0 Å². The zero-order valence-corrected chi connectivity index (χ0v) is 21.2. The summed E-state index contributed by atoms with van der Waals surface area (Å²) in [5.41, 5.74) is 18.3. The van der Waals surface area contributed by atoms with Crippen LogP contribution in [0.3, 0.4) is 0 Å². The summed E-state index contributed by atoms with van der Waals surface area (Å²) in [5, 5.41) is 71.0. The maximum atomic E-state index is 10.9. The summed E-state index contributed by atoms with van der Waals surface area (Å²) in [6.07, 6.45) is -11.4. The van der Waals surface area contributed by atoms with E-state index in [1.54, 1.807) is 0 Å². The third-order valence-electron chi connectivity index (χ3n) is 7.67. The highest BCUT2D eigenvalue weighted by atomic mass is 16.7. The van der Waals surface area contributed by atoms with Crippen LogP contribution in [0.2, 0.25) is 0 Å². The van der Waals surface area contributed by atoms with Gasteiger partial charge in [-0.3, -0.25) is 0 Å². The molecule has 0 amide bonds. The Morgan fingerprint density at radius 3 is 1.87 bits per heavy atom. The lowest BCUT2D eigenvalue weighted by atomic mass is 9.88. The summed E-state index contributed by atoms with van der Waals surface area (Å²) in [6.45, 7) is -2.25. The molecule has 16 heteroatoms. The first kappa shape index (κ1) is 31.9. The van der Waals surface area contributed by atoms with Crippen molar-refractivity contribution in [3.05, 3.63) is 0 Å². The van der Waals surface area contributed by atoms with E-state index in [0.29, 0.717) is 0 Å². The van der Waals surface area contributed by atoms with Gasteiger partial charge < -0.3 is 81.4 Å². The van der Waals surface area contributed by atoms with Crippen molar-refractivity contribution in [1.29, 1.82) is 0 Å². The highest BCUT2D eigenvalue weighted by Crippen LogP contribution is 2.31. The minimum atomic E-state index is -1.47. The van der Waals surface area contributed by atoms with Crippen molar-refractivity contribution in [2.75, 3.05) is 46.8 Å². The standard InChI is InChI=1S/C22H43N3O13/c1-33-13-7-34-10(3-27)9(18(31)14(13)23)6-35-21-16(25)19(32)20(12(5-29)37-21)38-22-15(24)17(30)8(2-26)11(4-28)36-22/h8-22,26-32H,2-7,23-25H2,1H3. The Kier molecular flexibility index (Phi) is 12.0. The number of ether oxygens (including phenoxy) is 6. The maximum absolute atomic E-state index is 10.9. The van der Waals surface area contributed by atoms with Gasteiger partial charge >= 0.3 is 0 Å². The third-order valence-corrected chi connectivity index (χ3v) is 7.67. The second kappa shape index (κ2) is 14.3. The summed E-state index contributed by atoms with van der Waals surface area (Å²) < 4.78 is 33.8. The summed E-state index contributed by atoms with van der Waals surface area (Å²) in [4.78, 5) is 0. The van der Waals surface area contributed by atoms with E-state index in [2.05, 4.69) is 0 Å². The molecule has 0 aromatic rings. The summed E-state index contributed by atoms with van der Waals surface area (Å²) >= 11 is 0. The van der Waals surface area contributed by atoms with E-state index in [0.717, 1.165) is 0 Å². The maximum Gasteiger partial charge on any atom is 0.176 e. The van der Waals surface area contributed by atoms with Gasteiger partial charge in [-0.15, -0.1) is 0 Å². The Morgan fingerprint density at radius 2 is 1.29 bits per heavy atom. The van der Waals surface area contributed by atoms with Gasteiger partial charge in [0.1, 0.15) is 18.3 Å². The van der Waals surface area contributed by atoms with Crippen molar-refractivity contribution >= 4 is 0 Å². The SMILES string of the molecule is COC1COC(CO)C(COC2OC(CO)C(OC3OC(CO)C(CO)C(O)C3N)C(O)C2N)C(O)C1N. The van der Waals surface area contributed by atoms with E-state index in [4.69, 9.17) is 45.6 Å². The van der Waals surface area contributed by atoms with Gasteiger partial charge in [0.25, 0.3) is 0 Å². The molecule has 224 valence electrons. The van der Waals surface area contributed by atoms with Crippen LogP contribution in [0, 0.1) is 11.8 Å². The van der Waals surface area contributed by atoms with Gasteiger partial charge in [0, 0.05) is 18.9 Å². The molecule has 3 aliphatic heterocycles. The first-order valence-electron chi connectivity index (χ1n) is 12.6. The molecule has 3 saturated heterocycles. The third kappa shape index (κ3) is 6.63. The lowest BCUT2D eigenvalue weighted by molar-refractivity contribution is -0.327. The van der Waals surface area contributed by atoms with Gasteiger partial charge in [0.15, 0.2) is 12.6 Å². The van der Waals surface area contributed by atoms with Crippen LogP contribution in [0.15, 0.2) is 0 Å². The molecule has 0 aromatic carbocycles. The van der Waals surface area contributed by atoms with Crippen molar-refractivity contribution in [1.82, 2.24) is 0 Å². The quantitative estimate of drug-likeness (QED) is 0.119. The van der Waals surface area contributed by atoms with Crippen LogP contribution in [0.5, 0.6) is 0 Å². The fourth-order valence-electron chi connectivity index (χ4n) is 5.12. The minimum absolute atomic E-state index is 0.0521. The van der Waals surface area contributed by atoms with Gasteiger partial charge in [-0.25, -0.2) is 0 Å². The van der Waals surface area contributed by atoms with Crippen LogP contribution in [-0.4, -0.2) is 162 Å². The Hall–Kier alpha value is -0.640. The zero-order chi connectivity index (χ0) is 28.1. The summed E-state index contributed by atoms with van der Waals surface area (Å²) in [5.74, 6) is -1.65. The van der Waals surface area contributed by atoms with Crippen molar-refractivity contribution < 1.29 is 64.2 Å². The second-order valence-corrected chi connectivity index (χ2v) is 9.93. The molecule has 0 aliphatic carbocycles. The van der Waals surface area contributed by atoms with E-state index in [1.807, 2.05) is 0 Å². The van der Waals surface area contributed by atoms with Crippen molar-refractivity contribution in [2.45, 2.75) is 79.5 Å². The van der Waals surface area contributed by atoms with Gasteiger partial charge in [0.05, 0.1) is 88.3 Å². The molecular formula is C22H43N3O13. The Bertz CT molecular complexity index is 709. The van der Waals surface area contributed by atoms with Crippen LogP contribution in [-0.2, 0) is 28.4 Å². The number of methoxy groups -OCH3 is 1. The molecule has 0 aromatic heterocycles. The smallest absolute Gasteiger partial charge is 0.176 e. The molecule has 0 spiro atoms. The number of nitrogens with two attached hydrogens (primary N) is 3. The Labute approximate surface area is 220 Å². The van der Waals surface area contributed by atoms with Crippen LogP contribution in [0.1, 0.15) is 0 Å². The second-order valence-electron chi connectivity index (χ2n) is 9.93. The molecule has 15 atom stereocenters. The molecule has 3 aliphatic rings. The fraction of sp³-hybridized carbons (Fsp3) is 1.00. The monoisotopic (exact) mass is 557 g/mol. The van der Waals surface area contributed by atoms with Crippen LogP contribution < -0.4 is 17.2 Å². The highest BCUT2D eigenvalue weighted by Gasteiger charge is 2.50. The molecule has 0 radical (unpaired) electrons. The molecule has 0 saturated carbocycles. The first-order valence-corrected chi connectivity index (χ1v) is 12.6. The van der Waals surface area contributed by atoms with Crippen molar-refractivity contribution in [3.63, 3.8) is 0 Å². The van der Waals surface area contributed by atoms with E-state index in [1.165, 1.54) is 7.11 Å². The number of aliphatic hydroxyl groups is 7. The Morgan fingerprint density at radius 1 is 0.711 bits per heavy atom. The van der Waals surface area contributed by atoms with Crippen LogP contribution >= 0.6 is 0 Å². The highest BCUT2D eigenvalue weighted by molar-refractivity contribution is 4.97. The fourth-order valence-corrected chi connectivity index (χ4v) is 5.12. The van der Waals surface area contributed by atoms with E-state index in [9.17, 15) is 35.7 Å². The average Bonchev–Trinajstić information content (AvgIpc) is 3.03. The van der Waals surface area contributed by atoms with Gasteiger partial charge in [-0.2, -0.15) is 0 Å². The molecule has 38 heavy (non-hydrogen) atoms. The molecule has 3 heterocycles. The van der Waals surface area contributed by atoms with E-state index < -0.39 is 118 Å². The lowest BCUT2D eigenvalue weighted by Crippen LogP contribution is -2.67. The molecule has 0 bridgehead atoms. The normalized spacial score (nSPS) is 48.6. The van der Waals surface area contributed by atoms with Gasteiger partial charge in [-0.05, 0) is 0 Å². The molecule has 15 unspecified atom stereocenters. The topological polar surface area (TPSA) is 275 Å². The number of rotatable bonds is 10. The summed E-state index contributed by atoms with van der Waals surface area (Å²) in [7, 11) is 1.43. The largest absolute Gasteiger partial charge is 0.396 e. The van der Waals surface area contributed by atoms with Crippen LogP contribution in [0.4, 0.5) is 0 Å².